The number of methoxy groups -OCH3 is 2. The number of amides is 3. The number of nitrogens with zero attached hydrogens (tertiary/aromatic N) is 1. The van der Waals surface area contributed by atoms with Gasteiger partial charge in [0.1, 0.15) is 5.75 Å². The number of hydrogen-bond donors (Lipinski definition) is 1. The number of carbonyl (C=O) groups excluding carboxylic acids is 3. The minimum atomic E-state index is -2.99. The van der Waals surface area contributed by atoms with Crippen molar-refractivity contribution in [1.29, 1.82) is 0 Å². The van der Waals surface area contributed by atoms with E-state index >= 15 is 0 Å². The Bertz CT molecular complexity index is 1150. The van der Waals surface area contributed by atoms with Gasteiger partial charge in [-0.05, 0) is 59.3 Å². The molecule has 2 aromatic rings. The molecule has 11 heteroatoms. The second-order valence-corrected chi connectivity index (χ2v) is 8.01. The van der Waals surface area contributed by atoms with Crippen LogP contribution < -0.4 is 19.5 Å². The topological polar surface area (TPSA) is 94.2 Å². The van der Waals surface area contributed by atoms with Gasteiger partial charge in [0.2, 0.25) is 5.91 Å². The molecule has 0 bridgehead atoms. The van der Waals surface area contributed by atoms with E-state index in [9.17, 15) is 23.2 Å². The van der Waals surface area contributed by atoms with Crippen molar-refractivity contribution in [2.45, 2.75) is 6.61 Å². The van der Waals surface area contributed by atoms with Crippen LogP contribution >= 0.6 is 11.8 Å². The molecule has 0 aliphatic carbocycles. The molecule has 0 aromatic heterocycles. The normalized spacial score (nSPS) is 14.8. The van der Waals surface area contributed by atoms with Crippen LogP contribution in [0, 0.1) is 0 Å². The van der Waals surface area contributed by atoms with Gasteiger partial charge in [0.15, 0.2) is 11.5 Å². The Balaban J connectivity index is 1.52. The number of alkyl halides is 2. The van der Waals surface area contributed by atoms with Gasteiger partial charge in [0, 0.05) is 19.2 Å². The van der Waals surface area contributed by atoms with E-state index in [2.05, 4.69) is 10.1 Å². The Morgan fingerprint density at radius 2 is 1.77 bits per heavy atom. The molecule has 0 atom stereocenters. The van der Waals surface area contributed by atoms with Crippen molar-refractivity contribution >= 4 is 41.0 Å². The van der Waals surface area contributed by atoms with Crippen LogP contribution in [-0.4, -0.2) is 55.9 Å². The van der Waals surface area contributed by atoms with Gasteiger partial charge >= 0.3 is 6.61 Å². The van der Waals surface area contributed by atoms with E-state index in [1.165, 1.54) is 37.5 Å². The zero-order valence-electron chi connectivity index (χ0n) is 18.8. The zero-order chi connectivity index (χ0) is 25.4. The minimum absolute atomic E-state index is 0.0116. The number of benzene rings is 2. The summed E-state index contributed by atoms with van der Waals surface area (Å²) in [7, 11) is 2.86. The third-order valence-corrected chi connectivity index (χ3v) is 5.66. The highest BCUT2D eigenvalue weighted by Gasteiger charge is 2.34. The van der Waals surface area contributed by atoms with E-state index < -0.39 is 23.7 Å². The van der Waals surface area contributed by atoms with E-state index in [1.807, 2.05) is 0 Å². The van der Waals surface area contributed by atoms with Gasteiger partial charge in [-0.2, -0.15) is 8.78 Å². The number of carbonyl (C=O) groups is 3. The van der Waals surface area contributed by atoms with Gasteiger partial charge in [-0.1, -0.05) is 18.2 Å². The number of halogens is 2. The third kappa shape index (κ3) is 7.06. The molecule has 1 fully saturated rings. The predicted molar refractivity (Wildman–Crippen MR) is 127 cm³/mol. The SMILES string of the molecule is COc1ccc(/C=C2\SC(=O)N(CCNC(=O)/C=C/c3ccc(OC(F)F)c(OC)c3)C2=O)cc1. The van der Waals surface area contributed by atoms with Crippen LogP contribution in [-0.2, 0) is 9.59 Å². The fourth-order valence-electron chi connectivity index (χ4n) is 3.05. The van der Waals surface area contributed by atoms with Crippen LogP contribution in [0.3, 0.4) is 0 Å². The molecular formula is C24H22F2N2O6S. The monoisotopic (exact) mass is 504 g/mol. The molecule has 1 aliphatic heterocycles. The fourth-order valence-corrected chi connectivity index (χ4v) is 3.91. The summed E-state index contributed by atoms with van der Waals surface area (Å²) in [5.74, 6) is -0.245. The maximum atomic E-state index is 12.6. The average Bonchev–Trinajstić information content (AvgIpc) is 3.10. The molecule has 0 radical (unpaired) electrons. The van der Waals surface area contributed by atoms with E-state index in [1.54, 1.807) is 37.5 Å². The van der Waals surface area contributed by atoms with Gasteiger partial charge < -0.3 is 19.5 Å². The Morgan fingerprint density at radius 1 is 1.06 bits per heavy atom. The first-order valence-electron chi connectivity index (χ1n) is 10.3. The first kappa shape index (κ1) is 25.8. The zero-order valence-corrected chi connectivity index (χ0v) is 19.6. The van der Waals surface area contributed by atoms with Gasteiger partial charge in [-0.25, -0.2) is 0 Å². The molecule has 35 heavy (non-hydrogen) atoms. The molecule has 0 saturated carbocycles. The van der Waals surface area contributed by atoms with Crippen LogP contribution in [0.25, 0.3) is 12.2 Å². The molecule has 1 saturated heterocycles. The lowest BCUT2D eigenvalue weighted by Gasteiger charge is -2.12. The van der Waals surface area contributed by atoms with Crippen LogP contribution in [0.2, 0.25) is 0 Å². The highest BCUT2D eigenvalue weighted by molar-refractivity contribution is 8.18. The van der Waals surface area contributed by atoms with Gasteiger partial charge in [0.05, 0.1) is 19.1 Å². The van der Waals surface area contributed by atoms with Crippen molar-refractivity contribution in [1.82, 2.24) is 10.2 Å². The Morgan fingerprint density at radius 3 is 2.43 bits per heavy atom. The van der Waals surface area contributed by atoms with Crippen LogP contribution in [0.5, 0.6) is 17.2 Å². The molecule has 8 nitrogen and oxygen atoms in total. The third-order valence-electron chi connectivity index (χ3n) is 4.75. The standard InChI is InChI=1S/C24H22F2N2O6S/c1-32-17-7-3-16(4-8-17)14-20-22(30)28(24(31)35-20)12-11-27-21(29)10-6-15-5-9-18(34-23(25)26)19(13-15)33-2/h3-10,13-14,23H,11-12H2,1-2H3,(H,27,29)/b10-6+,20-14-. The highest BCUT2D eigenvalue weighted by Crippen LogP contribution is 2.32. The van der Waals surface area contributed by atoms with Crippen molar-refractivity contribution in [3.63, 3.8) is 0 Å². The first-order chi connectivity index (χ1) is 16.8. The molecule has 184 valence electrons. The summed E-state index contributed by atoms with van der Waals surface area (Å²) in [5.41, 5.74) is 1.27. The summed E-state index contributed by atoms with van der Waals surface area (Å²) < 4.78 is 39.3. The molecule has 2 aromatic carbocycles. The number of nitrogens with one attached hydrogen (secondary N) is 1. The van der Waals surface area contributed by atoms with Crippen molar-refractivity contribution in [2.75, 3.05) is 27.3 Å². The van der Waals surface area contributed by atoms with Crippen molar-refractivity contribution in [2.24, 2.45) is 0 Å². The van der Waals surface area contributed by atoms with Crippen molar-refractivity contribution in [3.05, 3.63) is 64.6 Å². The van der Waals surface area contributed by atoms with Crippen LogP contribution in [0.4, 0.5) is 13.6 Å². The fraction of sp³-hybridized carbons (Fsp3) is 0.208. The Hall–Kier alpha value is -3.86. The summed E-state index contributed by atoms with van der Waals surface area (Å²) in [6.45, 7) is -2.92. The highest BCUT2D eigenvalue weighted by atomic mass is 32.2. The predicted octanol–water partition coefficient (Wildman–Crippen LogP) is 4.17. The first-order valence-corrected chi connectivity index (χ1v) is 11.1. The summed E-state index contributed by atoms with van der Waals surface area (Å²) in [5, 5.41) is 2.18. The van der Waals surface area contributed by atoms with E-state index in [4.69, 9.17) is 9.47 Å². The lowest BCUT2D eigenvalue weighted by Crippen LogP contribution is -2.36. The molecule has 0 unspecified atom stereocenters. The summed E-state index contributed by atoms with van der Waals surface area (Å²) in [6, 6.07) is 11.3. The van der Waals surface area contributed by atoms with Crippen molar-refractivity contribution < 1.29 is 37.4 Å². The molecule has 3 amide bonds. The number of ether oxygens (including phenoxy) is 3. The number of imide groups is 1. The minimum Gasteiger partial charge on any atom is -0.497 e. The molecular weight excluding hydrogens is 482 g/mol. The van der Waals surface area contributed by atoms with Gasteiger partial charge in [-0.15, -0.1) is 0 Å². The maximum absolute atomic E-state index is 12.6. The molecule has 1 heterocycles. The quantitative estimate of drug-likeness (QED) is 0.486. The smallest absolute Gasteiger partial charge is 0.387 e. The molecule has 1 aliphatic rings. The van der Waals surface area contributed by atoms with E-state index in [0.29, 0.717) is 16.2 Å². The number of hydrogen-bond acceptors (Lipinski definition) is 7. The van der Waals surface area contributed by atoms with Crippen LogP contribution in [0.15, 0.2) is 53.4 Å². The molecule has 3 rings (SSSR count). The van der Waals surface area contributed by atoms with Crippen LogP contribution in [0.1, 0.15) is 11.1 Å². The van der Waals surface area contributed by atoms with Gasteiger partial charge in [0.25, 0.3) is 11.1 Å². The average molecular weight is 505 g/mol. The Labute approximate surface area is 204 Å². The Kier molecular flexibility index (Phi) is 8.85. The second-order valence-electron chi connectivity index (χ2n) is 7.02. The lowest BCUT2D eigenvalue weighted by atomic mass is 10.2. The summed E-state index contributed by atoms with van der Waals surface area (Å²) in [4.78, 5) is 38.3. The molecule has 1 N–H and O–H groups in total. The lowest BCUT2D eigenvalue weighted by molar-refractivity contribution is -0.123. The van der Waals surface area contributed by atoms with E-state index in [-0.39, 0.29) is 24.6 Å². The second kappa shape index (κ2) is 12.0. The van der Waals surface area contributed by atoms with Crippen molar-refractivity contribution in [3.8, 4) is 17.2 Å². The maximum Gasteiger partial charge on any atom is 0.387 e. The summed E-state index contributed by atoms with van der Waals surface area (Å²) in [6.07, 6.45) is 4.32. The largest absolute Gasteiger partial charge is 0.497 e. The summed E-state index contributed by atoms with van der Waals surface area (Å²) >= 11 is 0.833. The van der Waals surface area contributed by atoms with E-state index in [0.717, 1.165) is 22.2 Å². The number of thioether (sulfide) groups is 1. The number of rotatable bonds is 10. The van der Waals surface area contributed by atoms with Gasteiger partial charge in [-0.3, -0.25) is 19.3 Å². The molecule has 0 spiro atoms.